The van der Waals surface area contributed by atoms with Gasteiger partial charge in [0.25, 0.3) is 5.56 Å². The Morgan fingerprint density at radius 2 is 1.97 bits per heavy atom. The fraction of sp³-hybridized carbons (Fsp3) is 0.320. The number of rotatable bonds is 12. The van der Waals surface area contributed by atoms with Gasteiger partial charge in [-0.15, -0.1) is 0 Å². The second-order valence-corrected chi connectivity index (χ2v) is 8.21. The van der Waals surface area contributed by atoms with E-state index in [1.165, 1.54) is 10.7 Å². The van der Waals surface area contributed by atoms with Crippen molar-refractivity contribution in [2.24, 2.45) is 7.05 Å². The summed E-state index contributed by atoms with van der Waals surface area (Å²) in [6, 6.07) is 10.6. The van der Waals surface area contributed by atoms with Crippen LogP contribution in [0.25, 0.3) is 22.2 Å². The standard InChI is InChI=1S/C25H28N6O5/c1-30-17-18(16-27-30)21-8-9-25(33)31(28-21)12-14-36-23-10-11-26-22-15-19(6-7-20(22)23)35-13-4-2-3-5-24(32)29-34/h6-11,15-17,34H,2-5,12-14H2,1H3,(H,29,32). The van der Waals surface area contributed by atoms with Crippen LogP contribution in [0, 0.1) is 0 Å². The molecule has 11 nitrogen and oxygen atoms in total. The van der Waals surface area contributed by atoms with Crippen molar-refractivity contribution in [3.63, 3.8) is 0 Å². The van der Waals surface area contributed by atoms with E-state index in [1.54, 1.807) is 34.7 Å². The maximum atomic E-state index is 12.3. The zero-order valence-electron chi connectivity index (χ0n) is 20.0. The molecule has 0 aliphatic carbocycles. The van der Waals surface area contributed by atoms with E-state index in [-0.39, 0.29) is 24.6 Å². The van der Waals surface area contributed by atoms with Crippen LogP contribution in [0.5, 0.6) is 11.5 Å². The van der Waals surface area contributed by atoms with Gasteiger partial charge in [0.05, 0.1) is 30.6 Å². The molecule has 0 fully saturated rings. The summed E-state index contributed by atoms with van der Waals surface area (Å²) in [4.78, 5) is 27.7. The van der Waals surface area contributed by atoms with Crippen molar-refractivity contribution < 1.29 is 19.5 Å². The molecule has 0 aliphatic heterocycles. The molecule has 0 saturated heterocycles. The number of ether oxygens (including phenoxy) is 2. The molecule has 4 aromatic rings. The van der Waals surface area contributed by atoms with Gasteiger partial charge in [-0.05, 0) is 43.5 Å². The van der Waals surface area contributed by atoms with Crippen LogP contribution < -0.4 is 20.5 Å². The molecule has 0 radical (unpaired) electrons. The number of benzene rings is 1. The van der Waals surface area contributed by atoms with Gasteiger partial charge in [-0.2, -0.15) is 10.2 Å². The summed E-state index contributed by atoms with van der Waals surface area (Å²) in [6.45, 7) is 1.06. The molecular formula is C25H28N6O5. The third-order valence-electron chi connectivity index (χ3n) is 5.54. The van der Waals surface area contributed by atoms with Crippen molar-refractivity contribution in [3.05, 3.63) is 65.3 Å². The van der Waals surface area contributed by atoms with E-state index in [2.05, 4.69) is 15.2 Å². The highest BCUT2D eigenvalue weighted by Gasteiger charge is 2.08. The van der Waals surface area contributed by atoms with Gasteiger partial charge in [0.1, 0.15) is 18.1 Å². The Balaban J connectivity index is 1.33. The van der Waals surface area contributed by atoms with Crippen LogP contribution in [0.3, 0.4) is 0 Å². The number of hydrogen-bond donors (Lipinski definition) is 2. The van der Waals surface area contributed by atoms with Crippen LogP contribution in [0.15, 0.2) is 59.8 Å². The number of carbonyl (C=O) groups excluding carboxylic acids is 1. The number of hydroxylamine groups is 1. The number of aromatic nitrogens is 5. The lowest BCUT2D eigenvalue weighted by molar-refractivity contribution is -0.129. The number of fused-ring (bicyclic) bond motifs is 1. The van der Waals surface area contributed by atoms with E-state index in [1.807, 2.05) is 31.4 Å². The summed E-state index contributed by atoms with van der Waals surface area (Å²) in [5, 5.41) is 17.9. The van der Waals surface area contributed by atoms with Crippen LogP contribution in [0.4, 0.5) is 0 Å². The molecule has 1 aromatic carbocycles. The van der Waals surface area contributed by atoms with E-state index < -0.39 is 0 Å². The summed E-state index contributed by atoms with van der Waals surface area (Å²) in [5.41, 5.74) is 3.66. The van der Waals surface area contributed by atoms with E-state index in [0.29, 0.717) is 36.6 Å². The molecule has 11 heteroatoms. The van der Waals surface area contributed by atoms with Crippen molar-refractivity contribution in [1.82, 2.24) is 30.0 Å². The number of aryl methyl sites for hydroxylation is 1. The van der Waals surface area contributed by atoms with Crippen LogP contribution in [0.1, 0.15) is 25.7 Å². The average molecular weight is 493 g/mol. The smallest absolute Gasteiger partial charge is 0.266 e. The second kappa shape index (κ2) is 11.9. The Labute approximate surface area is 207 Å². The normalized spacial score (nSPS) is 10.9. The van der Waals surface area contributed by atoms with Crippen molar-refractivity contribution in [2.45, 2.75) is 32.2 Å². The van der Waals surface area contributed by atoms with Crippen LogP contribution in [-0.4, -0.2) is 48.9 Å². The highest BCUT2D eigenvalue weighted by Crippen LogP contribution is 2.27. The monoisotopic (exact) mass is 492 g/mol. The molecular weight excluding hydrogens is 464 g/mol. The number of nitrogens with zero attached hydrogens (tertiary/aromatic N) is 5. The first kappa shape index (κ1) is 24.9. The molecule has 0 aliphatic rings. The maximum absolute atomic E-state index is 12.3. The van der Waals surface area contributed by atoms with E-state index in [0.717, 1.165) is 29.3 Å². The SMILES string of the molecule is Cn1cc(-c2ccc(=O)n(CCOc3ccnc4cc(OCCCCCC(=O)NO)ccc34)n2)cn1. The van der Waals surface area contributed by atoms with Crippen LogP contribution >= 0.6 is 0 Å². The zero-order valence-corrected chi connectivity index (χ0v) is 20.0. The van der Waals surface area contributed by atoms with Crippen LogP contribution in [-0.2, 0) is 18.4 Å². The summed E-state index contributed by atoms with van der Waals surface area (Å²) < 4.78 is 14.8. The molecule has 0 unspecified atom stereocenters. The lowest BCUT2D eigenvalue weighted by Crippen LogP contribution is -2.25. The van der Waals surface area contributed by atoms with Gasteiger partial charge in [0.2, 0.25) is 5.91 Å². The highest BCUT2D eigenvalue weighted by molar-refractivity contribution is 5.85. The fourth-order valence-corrected chi connectivity index (χ4v) is 3.69. The van der Waals surface area contributed by atoms with Crippen molar-refractivity contribution in [2.75, 3.05) is 13.2 Å². The van der Waals surface area contributed by atoms with Crippen LogP contribution in [0.2, 0.25) is 0 Å². The van der Waals surface area contributed by atoms with Gasteiger partial charge in [0, 0.05) is 48.9 Å². The number of unbranched alkanes of at least 4 members (excludes halogenated alkanes) is 2. The van der Waals surface area contributed by atoms with Gasteiger partial charge in [-0.25, -0.2) is 10.2 Å². The van der Waals surface area contributed by atoms with Gasteiger partial charge in [-0.3, -0.25) is 24.5 Å². The minimum absolute atomic E-state index is 0.204. The molecule has 0 atom stereocenters. The van der Waals surface area contributed by atoms with E-state index in [9.17, 15) is 9.59 Å². The van der Waals surface area contributed by atoms with Gasteiger partial charge >= 0.3 is 0 Å². The molecule has 3 heterocycles. The first-order chi connectivity index (χ1) is 17.5. The summed E-state index contributed by atoms with van der Waals surface area (Å²) in [7, 11) is 1.83. The molecule has 0 bridgehead atoms. The lowest BCUT2D eigenvalue weighted by Gasteiger charge is -2.11. The number of nitrogens with one attached hydrogen (secondary N) is 1. The zero-order chi connectivity index (χ0) is 25.3. The minimum Gasteiger partial charge on any atom is -0.494 e. The Morgan fingerprint density at radius 3 is 2.78 bits per heavy atom. The van der Waals surface area contributed by atoms with Crippen molar-refractivity contribution in [3.8, 4) is 22.8 Å². The average Bonchev–Trinajstić information content (AvgIpc) is 3.33. The first-order valence-electron chi connectivity index (χ1n) is 11.7. The first-order valence-corrected chi connectivity index (χ1v) is 11.7. The molecule has 4 rings (SSSR count). The quantitative estimate of drug-likeness (QED) is 0.175. The third kappa shape index (κ3) is 6.45. The Bertz CT molecular complexity index is 1380. The lowest BCUT2D eigenvalue weighted by atomic mass is 10.2. The largest absolute Gasteiger partial charge is 0.494 e. The number of carbonyl (C=O) groups is 1. The maximum Gasteiger partial charge on any atom is 0.266 e. The fourth-order valence-electron chi connectivity index (χ4n) is 3.69. The predicted octanol–water partition coefficient (Wildman–Crippen LogP) is 2.72. The number of hydrogen-bond acceptors (Lipinski definition) is 8. The summed E-state index contributed by atoms with van der Waals surface area (Å²) >= 11 is 0. The van der Waals surface area contributed by atoms with E-state index in [4.69, 9.17) is 14.7 Å². The van der Waals surface area contributed by atoms with Crippen molar-refractivity contribution in [1.29, 1.82) is 0 Å². The Morgan fingerprint density at radius 1 is 1.08 bits per heavy atom. The van der Waals surface area contributed by atoms with Gasteiger partial charge in [-0.1, -0.05) is 0 Å². The Kier molecular flexibility index (Phi) is 8.24. The predicted molar refractivity (Wildman–Crippen MR) is 132 cm³/mol. The topological polar surface area (TPSA) is 133 Å². The number of pyridine rings is 1. The summed E-state index contributed by atoms with van der Waals surface area (Å²) in [5.74, 6) is 0.976. The van der Waals surface area contributed by atoms with Gasteiger partial charge < -0.3 is 9.47 Å². The molecule has 36 heavy (non-hydrogen) atoms. The molecule has 0 spiro atoms. The molecule has 188 valence electrons. The molecule has 3 aromatic heterocycles. The highest BCUT2D eigenvalue weighted by atomic mass is 16.5. The van der Waals surface area contributed by atoms with E-state index >= 15 is 0 Å². The number of amides is 1. The molecule has 2 N–H and O–H groups in total. The Hall–Kier alpha value is -4.25. The second-order valence-electron chi connectivity index (χ2n) is 8.21. The van der Waals surface area contributed by atoms with Gasteiger partial charge in [0.15, 0.2) is 0 Å². The molecule has 0 saturated carbocycles. The minimum atomic E-state index is -0.379. The van der Waals surface area contributed by atoms with Crippen molar-refractivity contribution >= 4 is 16.8 Å². The third-order valence-corrected chi connectivity index (χ3v) is 5.54. The molecule has 1 amide bonds. The summed E-state index contributed by atoms with van der Waals surface area (Å²) in [6.07, 6.45) is 7.80.